The molecule has 6 nitrogen and oxygen atoms in total. The van der Waals surface area contributed by atoms with E-state index in [4.69, 9.17) is 9.84 Å². The molecule has 3 rings (SSSR count). The predicted octanol–water partition coefficient (Wildman–Crippen LogP) is 3.37. The lowest BCUT2D eigenvalue weighted by Gasteiger charge is -2.27. The van der Waals surface area contributed by atoms with Gasteiger partial charge in [-0.15, -0.1) is 0 Å². The van der Waals surface area contributed by atoms with Crippen molar-refractivity contribution in [2.24, 2.45) is 0 Å². The summed E-state index contributed by atoms with van der Waals surface area (Å²) in [6, 6.07) is 5.23. The van der Waals surface area contributed by atoms with Gasteiger partial charge < -0.3 is 14.7 Å². The van der Waals surface area contributed by atoms with Gasteiger partial charge in [0.15, 0.2) is 5.78 Å². The zero-order valence-corrected chi connectivity index (χ0v) is 15.3. The van der Waals surface area contributed by atoms with Crippen LogP contribution >= 0.6 is 0 Å². The van der Waals surface area contributed by atoms with E-state index in [2.05, 4.69) is 4.98 Å². The molecule has 1 N–H and O–H groups in total. The van der Waals surface area contributed by atoms with Crippen LogP contribution in [0.1, 0.15) is 35.2 Å². The number of aryl methyl sites for hydroxylation is 1. The van der Waals surface area contributed by atoms with Crippen molar-refractivity contribution >= 4 is 17.4 Å². The number of carbonyl (C=O) groups is 2. The number of hydrogen-bond donors (Lipinski definition) is 1. The molecule has 0 spiro atoms. The Kier molecular flexibility index (Phi) is 5.87. The van der Waals surface area contributed by atoms with Gasteiger partial charge in [0.25, 0.3) is 0 Å². The highest BCUT2D eigenvalue weighted by molar-refractivity contribution is 6.05. The van der Waals surface area contributed by atoms with Gasteiger partial charge in [-0.25, -0.2) is 13.8 Å². The van der Waals surface area contributed by atoms with Crippen LogP contribution in [0.4, 0.5) is 14.5 Å². The fourth-order valence-corrected chi connectivity index (χ4v) is 3.33. The van der Waals surface area contributed by atoms with Gasteiger partial charge >= 0.3 is 5.97 Å². The van der Waals surface area contributed by atoms with Crippen LogP contribution in [0.15, 0.2) is 30.5 Å². The molecule has 0 bridgehead atoms. The molecule has 1 unspecified atom stereocenters. The summed E-state index contributed by atoms with van der Waals surface area (Å²) in [6.45, 7) is 2.66. The second-order valence-electron chi connectivity index (χ2n) is 6.70. The molecule has 1 aliphatic heterocycles. The van der Waals surface area contributed by atoms with Crippen LogP contribution in [0.25, 0.3) is 0 Å². The number of hydrogen-bond acceptors (Lipinski definition) is 5. The van der Waals surface area contributed by atoms with Gasteiger partial charge in [-0.2, -0.15) is 0 Å². The first-order valence-corrected chi connectivity index (χ1v) is 8.92. The van der Waals surface area contributed by atoms with E-state index in [0.29, 0.717) is 12.4 Å². The Morgan fingerprint density at radius 2 is 2.11 bits per heavy atom. The summed E-state index contributed by atoms with van der Waals surface area (Å²) in [5.41, 5.74) is 0.360. The molecule has 28 heavy (non-hydrogen) atoms. The molecule has 0 aliphatic carbocycles. The molecule has 1 atom stereocenters. The standard InChI is InChI=1S/C20H20F2N2O4/c1-12-4-2-6-23-20(12)28-11-13-5-3-7-24(13)17-9-15(21)14(8-16(17)22)18(25)10-19(26)27/h2,4,6,8-9,13H,3,5,7,10-11H2,1H3,(H,26,27). The van der Waals surface area contributed by atoms with Crippen molar-refractivity contribution in [3.63, 3.8) is 0 Å². The summed E-state index contributed by atoms with van der Waals surface area (Å²) in [5, 5.41) is 8.68. The zero-order chi connectivity index (χ0) is 20.3. The molecular weight excluding hydrogens is 370 g/mol. The van der Waals surface area contributed by atoms with E-state index in [1.807, 2.05) is 13.0 Å². The lowest BCUT2D eigenvalue weighted by molar-refractivity contribution is -0.135. The molecule has 1 aromatic carbocycles. The van der Waals surface area contributed by atoms with E-state index in [1.54, 1.807) is 17.2 Å². The maximum absolute atomic E-state index is 14.6. The van der Waals surface area contributed by atoms with Gasteiger partial charge in [-0.05, 0) is 31.9 Å². The average molecular weight is 390 g/mol. The van der Waals surface area contributed by atoms with Gasteiger partial charge in [0.2, 0.25) is 5.88 Å². The smallest absolute Gasteiger partial charge is 0.311 e. The highest BCUT2D eigenvalue weighted by atomic mass is 19.1. The van der Waals surface area contributed by atoms with E-state index in [9.17, 15) is 18.4 Å². The van der Waals surface area contributed by atoms with Crippen LogP contribution in [0.2, 0.25) is 0 Å². The maximum atomic E-state index is 14.6. The summed E-state index contributed by atoms with van der Waals surface area (Å²) < 4.78 is 34.7. The largest absolute Gasteiger partial charge is 0.481 e. The number of nitrogens with zero attached hydrogens (tertiary/aromatic N) is 2. The van der Waals surface area contributed by atoms with E-state index in [1.165, 1.54) is 0 Å². The first kappa shape index (κ1) is 19.7. The summed E-state index contributed by atoms with van der Waals surface area (Å²) in [6.07, 6.45) is 2.26. The fraction of sp³-hybridized carbons (Fsp3) is 0.350. The molecule has 8 heteroatoms. The van der Waals surface area contributed by atoms with Crippen LogP contribution in [-0.2, 0) is 4.79 Å². The number of carboxylic acid groups (broad SMARTS) is 1. The normalized spacial score (nSPS) is 16.2. The van der Waals surface area contributed by atoms with Crippen LogP contribution in [0, 0.1) is 18.6 Å². The topological polar surface area (TPSA) is 79.7 Å². The van der Waals surface area contributed by atoms with Gasteiger partial charge in [-0.3, -0.25) is 9.59 Å². The third-order valence-corrected chi connectivity index (χ3v) is 4.71. The maximum Gasteiger partial charge on any atom is 0.311 e. The van der Waals surface area contributed by atoms with Gasteiger partial charge in [0.1, 0.15) is 24.7 Å². The van der Waals surface area contributed by atoms with E-state index in [0.717, 1.165) is 30.5 Å². The molecule has 1 fully saturated rings. The van der Waals surface area contributed by atoms with Gasteiger partial charge in [-0.1, -0.05) is 6.07 Å². The third-order valence-electron chi connectivity index (χ3n) is 4.71. The SMILES string of the molecule is Cc1cccnc1OCC1CCCN1c1cc(F)c(C(=O)CC(=O)O)cc1F. The first-order chi connectivity index (χ1) is 13.4. The minimum atomic E-state index is -1.39. The summed E-state index contributed by atoms with van der Waals surface area (Å²) in [4.78, 5) is 28.3. The number of halogens is 2. The lowest BCUT2D eigenvalue weighted by atomic mass is 10.1. The Labute approximate surface area is 160 Å². The molecule has 2 aromatic rings. The van der Waals surface area contributed by atoms with Crippen molar-refractivity contribution in [2.75, 3.05) is 18.1 Å². The van der Waals surface area contributed by atoms with Crippen molar-refractivity contribution in [1.82, 2.24) is 4.98 Å². The highest BCUT2D eigenvalue weighted by Gasteiger charge is 2.29. The quantitative estimate of drug-likeness (QED) is 0.577. The Morgan fingerprint density at radius 1 is 1.32 bits per heavy atom. The fourth-order valence-electron chi connectivity index (χ4n) is 3.33. The lowest BCUT2D eigenvalue weighted by Crippen LogP contribution is -2.35. The molecule has 148 valence electrons. The van der Waals surface area contributed by atoms with E-state index < -0.39 is 35.4 Å². The second-order valence-corrected chi connectivity index (χ2v) is 6.70. The molecule has 1 aliphatic rings. The molecular formula is C20H20F2N2O4. The first-order valence-electron chi connectivity index (χ1n) is 8.92. The van der Waals surface area contributed by atoms with Crippen molar-refractivity contribution in [3.05, 3.63) is 53.2 Å². The average Bonchev–Trinajstić information content (AvgIpc) is 3.10. The molecule has 1 saturated heterocycles. The number of anilines is 1. The molecule has 1 aromatic heterocycles. The molecule has 0 amide bonds. The number of benzene rings is 1. The molecule has 0 radical (unpaired) electrons. The highest BCUT2D eigenvalue weighted by Crippen LogP contribution is 2.31. The Morgan fingerprint density at radius 3 is 2.82 bits per heavy atom. The number of aliphatic carboxylic acids is 1. The minimum Gasteiger partial charge on any atom is -0.481 e. The van der Waals surface area contributed by atoms with Crippen LogP contribution in [-0.4, -0.2) is 41.0 Å². The van der Waals surface area contributed by atoms with Gasteiger partial charge in [0, 0.05) is 24.4 Å². The molecule has 2 heterocycles. The number of carbonyl (C=O) groups excluding carboxylic acids is 1. The van der Waals surface area contributed by atoms with Gasteiger partial charge in [0.05, 0.1) is 17.3 Å². The molecule has 0 saturated carbocycles. The number of rotatable bonds is 7. The minimum absolute atomic E-state index is 0.0354. The number of carboxylic acids is 1. The number of ether oxygens (including phenoxy) is 1. The van der Waals surface area contributed by atoms with Crippen molar-refractivity contribution in [3.8, 4) is 5.88 Å². The number of ketones is 1. The van der Waals surface area contributed by atoms with Crippen LogP contribution in [0.3, 0.4) is 0 Å². The predicted molar refractivity (Wildman–Crippen MR) is 97.8 cm³/mol. The second kappa shape index (κ2) is 8.33. The van der Waals surface area contributed by atoms with E-state index in [-0.39, 0.29) is 18.3 Å². The number of pyridine rings is 1. The van der Waals surface area contributed by atoms with Crippen molar-refractivity contribution in [1.29, 1.82) is 0 Å². The van der Waals surface area contributed by atoms with Crippen LogP contribution in [0.5, 0.6) is 5.88 Å². The number of Topliss-reactive ketones (excluding diaryl/α,β-unsaturated/α-hetero) is 1. The zero-order valence-electron chi connectivity index (χ0n) is 15.3. The van der Waals surface area contributed by atoms with Crippen LogP contribution < -0.4 is 9.64 Å². The Hall–Kier alpha value is -3.03. The van der Waals surface area contributed by atoms with Crippen molar-refractivity contribution in [2.45, 2.75) is 32.2 Å². The monoisotopic (exact) mass is 390 g/mol. The van der Waals surface area contributed by atoms with Crippen molar-refractivity contribution < 1.29 is 28.2 Å². The Bertz CT molecular complexity index is 904. The summed E-state index contributed by atoms with van der Waals surface area (Å²) in [7, 11) is 0. The third kappa shape index (κ3) is 4.27. The number of aromatic nitrogens is 1. The Balaban J connectivity index is 1.78. The summed E-state index contributed by atoms with van der Waals surface area (Å²) >= 11 is 0. The summed E-state index contributed by atoms with van der Waals surface area (Å²) in [5.74, 6) is -3.57. The van der Waals surface area contributed by atoms with E-state index >= 15 is 0 Å².